The van der Waals surface area contributed by atoms with E-state index in [1.54, 1.807) is 23.0 Å². The Hall–Kier alpha value is -2.30. The zero-order valence-electron chi connectivity index (χ0n) is 11.1. The molecule has 2 N–H and O–H groups in total. The predicted octanol–water partition coefficient (Wildman–Crippen LogP) is 2.34. The zero-order chi connectivity index (χ0) is 13.8. The quantitative estimate of drug-likeness (QED) is 0.855. The highest BCUT2D eigenvalue weighted by molar-refractivity contribution is 5.58. The molecule has 0 fully saturated rings. The number of nitrogen functional groups attached to an aromatic ring is 1. The summed E-state index contributed by atoms with van der Waals surface area (Å²) in [5.74, 6) is 0.507. The van der Waals surface area contributed by atoms with E-state index in [0.717, 1.165) is 12.0 Å². The lowest BCUT2D eigenvalue weighted by Crippen LogP contribution is -2.21. The Balaban J connectivity index is 2.36. The lowest BCUT2D eigenvalue weighted by atomic mass is 10.2. The largest absolute Gasteiger partial charge is 0.432 e. The highest BCUT2D eigenvalue weighted by atomic mass is 16.5. The molecule has 100 valence electrons. The molecule has 0 spiro atoms. The van der Waals surface area contributed by atoms with Gasteiger partial charge in [-0.15, -0.1) is 0 Å². The number of nitrogens with two attached hydrogens (primary N) is 1. The van der Waals surface area contributed by atoms with Crippen LogP contribution in [0.25, 0.3) is 0 Å². The van der Waals surface area contributed by atoms with Crippen LogP contribution in [-0.2, 0) is 6.54 Å². The molecule has 0 saturated carbocycles. The first kappa shape index (κ1) is 13.1. The van der Waals surface area contributed by atoms with E-state index in [1.165, 1.54) is 0 Å². The van der Waals surface area contributed by atoms with Crippen LogP contribution in [0.2, 0.25) is 0 Å². The number of benzene rings is 1. The summed E-state index contributed by atoms with van der Waals surface area (Å²) in [5, 5.41) is 0. The molecule has 1 heterocycles. The molecule has 0 unspecified atom stereocenters. The van der Waals surface area contributed by atoms with Crippen LogP contribution in [0.5, 0.6) is 11.6 Å². The maximum absolute atomic E-state index is 12.1. The first-order chi connectivity index (χ1) is 9.13. The maximum atomic E-state index is 12.1. The molecule has 19 heavy (non-hydrogen) atoms. The van der Waals surface area contributed by atoms with Crippen LogP contribution in [0.3, 0.4) is 0 Å². The van der Waals surface area contributed by atoms with Crippen molar-refractivity contribution in [2.45, 2.75) is 26.8 Å². The van der Waals surface area contributed by atoms with E-state index < -0.39 is 0 Å². The Morgan fingerprint density at radius 1 is 1.42 bits per heavy atom. The van der Waals surface area contributed by atoms with Gasteiger partial charge in [0.25, 0.3) is 5.88 Å². The van der Waals surface area contributed by atoms with Gasteiger partial charge in [0.2, 0.25) is 0 Å². The number of rotatable bonds is 4. The molecule has 0 aliphatic rings. The summed E-state index contributed by atoms with van der Waals surface area (Å²) in [6.45, 7) is 4.53. The Morgan fingerprint density at radius 2 is 2.21 bits per heavy atom. The normalized spacial score (nSPS) is 10.4. The van der Waals surface area contributed by atoms with Crippen LogP contribution in [0.1, 0.15) is 18.9 Å². The molecule has 2 aromatic rings. The summed E-state index contributed by atoms with van der Waals surface area (Å²) in [4.78, 5) is 16.1. The molecule has 0 aliphatic carbocycles. The summed E-state index contributed by atoms with van der Waals surface area (Å²) in [7, 11) is 0. The molecule has 0 atom stereocenters. The van der Waals surface area contributed by atoms with Crippen molar-refractivity contribution in [2.75, 3.05) is 5.73 Å². The first-order valence-electron chi connectivity index (χ1n) is 6.22. The zero-order valence-corrected chi connectivity index (χ0v) is 11.1. The average Bonchev–Trinajstić information content (AvgIpc) is 2.40. The molecular weight excluding hydrogens is 242 g/mol. The van der Waals surface area contributed by atoms with Crippen molar-refractivity contribution in [3.05, 3.63) is 46.5 Å². The van der Waals surface area contributed by atoms with E-state index in [2.05, 4.69) is 4.98 Å². The highest BCUT2D eigenvalue weighted by Gasteiger charge is 2.10. The molecule has 5 heteroatoms. The van der Waals surface area contributed by atoms with Crippen molar-refractivity contribution < 1.29 is 4.74 Å². The maximum Gasteiger partial charge on any atom is 0.313 e. The molecule has 5 nitrogen and oxygen atoms in total. The number of anilines is 1. The van der Waals surface area contributed by atoms with Gasteiger partial charge in [-0.2, -0.15) is 0 Å². The van der Waals surface area contributed by atoms with Gasteiger partial charge in [-0.3, -0.25) is 4.79 Å². The summed E-state index contributed by atoms with van der Waals surface area (Å²) in [5.41, 5.74) is 7.10. The van der Waals surface area contributed by atoms with Crippen LogP contribution in [-0.4, -0.2) is 9.55 Å². The van der Waals surface area contributed by atoms with E-state index in [-0.39, 0.29) is 11.4 Å². The Morgan fingerprint density at radius 3 is 2.95 bits per heavy atom. The van der Waals surface area contributed by atoms with Crippen molar-refractivity contribution in [1.29, 1.82) is 0 Å². The van der Waals surface area contributed by atoms with Gasteiger partial charge in [0.05, 0.1) is 5.69 Å². The van der Waals surface area contributed by atoms with Gasteiger partial charge in [0, 0.05) is 18.9 Å². The van der Waals surface area contributed by atoms with Crippen LogP contribution >= 0.6 is 0 Å². The lowest BCUT2D eigenvalue weighted by molar-refractivity contribution is 0.445. The molecular formula is C14H17N3O2. The Kier molecular flexibility index (Phi) is 3.85. The minimum absolute atomic E-state index is 0.0493. The summed E-state index contributed by atoms with van der Waals surface area (Å²) >= 11 is 0. The number of hydrogen-bond donors (Lipinski definition) is 1. The minimum atomic E-state index is -0.245. The smallest absolute Gasteiger partial charge is 0.313 e. The fourth-order valence-electron chi connectivity index (χ4n) is 1.76. The molecule has 0 saturated heterocycles. The van der Waals surface area contributed by atoms with Gasteiger partial charge in [-0.05, 0) is 25.0 Å². The second-order valence-corrected chi connectivity index (χ2v) is 4.32. The van der Waals surface area contributed by atoms with Crippen molar-refractivity contribution in [3.8, 4) is 11.6 Å². The van der Waals surface area contributed by atoms with Crippen molar-refractivity contribution in [3.63, 3.8) is 0 Å². The number of ether oxygens (including phenoxy) is 1. The number of hydrogen-bond acceptors (Lipinski definition) is 4. The third-order valence-electron chi connectivity index (χ3n) is 2.84. The van der Waals surface area contributed by atoms with Crippen molar-refractivity contribution >= 4 is 5.69 Å². The molecule has 0 bridgehead atoms. The third kappa shape index (κ3) is 2.76. The van der Waals surface area contributed by atoms with Gasteiger partial charge < -0.3 is 15.0 Å². The first-order valence-corrected chi connectivity index (χ1v) is 6.22. The number of aryl methyl sites for hydroxylation is 2. The fraction of sp³-hybridized carbons (Fsp3) is 0.286. The third-order valence-corrected chi connectivity index (χ3v) is 2.84. The SMILES string of the molecule is CCCn1ccnc(Oc2cccc(C)c2N)c1=O. The average molecular weight is 259 g/mol. The number of aromatic nitrogens is 2. The van der Waals surface area contributed by atoms with Gasteiger partial charge in [-0.1, -0.05) is 19.1 Å². The van der Waals surface area contributed by atoms with Crippen LogP contribution in [0, 0.1) is 6.92 Å². The van der Waals surface area contributed by atoms with E-state index in [4.69, 9.17) is 10.5 Å². The second-order valence-electron chi connectivity index (χ2n) is 4.32. The predicted molar refractivity (Wildman–Crippen MR) is 74.5 cm³/mol. The Bertz CT molecular complexity index is 635. The van der Waals surface area contributed by atoms with E-state index in [1.807, 2.05) is 26.0 Å². The highest BCUT2D eigenvalue weighted by Crippen LogP contribution is 2.27. The van der Waals surface area contributed by atoms with Crippen LogP contribution in [0.15, 0.2) is 35.4 Å². The monoisotopic (exact) mass is 259 g/mol. The topological polar surface area (TPSA) is 70.1 Å². The molecule has 1 aromatic carbocycles. The van der Waals surface area contributed by atoms with Gasteiger partial charge in [-0.25, -0.2) is 4.98 Å². The molecule has 0 amide bonds. The van der Waals surface area contributed by atoms with E-state index in [0.29, 0.717) is 18.0 Å². The molecule has 2 rings (SSSR count). The van der Waals surface area contributed by atoms with Crippen molar-refractivity contribution in [2.24, 2.45) is 0 Å². The summed E-state index contributed by atoms with van der Waals surface area (Å²) < 4.78 is 7.12. The summed E-state index contributed by atoms with van der Waals surface area (Å²) in [6, 6.07) is 5.44. The molecule has 0 radical (unpaired) electrons. The second kappa shape index (κ2) is 5.56. The number of nitrogens with zero attached hydrogens (tertiary/aromatic N) is 2. The van der Waals surface area contributed by atoms with Crippen LogP contribution < -0.4 is 16.0 Å². The van der Waals surface area contributed by atoms with Gasteiger partial charge in [0.1, 0.15) is 0 Å². The van der Waals surface area contributed by atoms with E-state index in [9.17, 15) is 4.79 Å². The number of para-hydroxylation sites is 1. The van der Waals surface area contributed by atoms with Crippen LogP contribution in [0.4, 0.5) is 5.69 Å². The van der Waals surface area contributed by atoms with Gasteiger partial charge >= 0.3 is 5.56 Å². The van der Waals surface area contributed by atoms with Gasteiger partial charge in [0.15, 0.2) is 5.75 Å². The van der Waals surface area contributed by atoms with E-state index >= 15 is 0 Å². The molecule has 0 aliphatic heterocycles. The molecule has 1 aromatic heterocycles. The Labute approximate surface area is 111 Å². The minimum Gasteiger partial charge on any atom is -0.432 e. The fourth-order valence-corrected chi connectivity index (χ4v) is 1.76. The summed E-state index contributed by atoms with van der Waals surface area (Å²) in [6.07, 6.45) is 4.08. The standard InChI is InChI=1S/C14H17N3O2/c1-3-8-17-9-7-16-13(14(17)18)19-11-6-4-5-10(2)12(11)15/h4-7,9H,3,8,15H2,1-2H3. The van der Waals surface area contributed by atoms with Crippen molar-refractivity contribution in [1.82, 2.24) is 9.55 Å². The lowest BCUT2D eigenvalue weighted by Gasteiger charge is -2.10.